The van der Waals surface area contributed by atoms with E-state index in [1.165, 1.54) is 83.9 Å². The smallest absolute Gasteiger partial charge is 0.0542 e. The van der Waals surface area contributed by atoms with Gasteiger partial charge < -0.3 is 4.90 Å². The second-order valence-electron chi connectivity index (χ2n) is 20.9. The van der Waals surface area contributed by atoms with E-state index < -0.39 is 0 Å². The molecule has 0 spiro atoms. The molecular formula is C58H75N. The van der Waals surface area contributed by atoms with Crippen LogP contribution >= 0.6 is 0 Å². The number of rotatable bonds is 7. The number of allylic oxidation sites excluding steroid dienone is 13. The van der Waals surface area contributed by atoms with E-state index in [1.54, 1.807) is 6.08 Å². The second-order valence-corrected chi connectivity index (χ2v) is 20.9. The molecule has 59 heavy (non-hydrogen) atoms. The summed E-state index contributed by atoms with van der Waals surface area (Å²) in [5.74, 6) is 0. The van der Waals surface area contributed by atoms with Crippen LogP contribution < -0.4 is 4.90 Å². The molecular weight excluding hydrogens is 711 g/mol. The zero-order valence-electron chi connectivity index (χ0n) is 39.9. The summed E-state index contributed by atoms with van der Waals surface area (Å²) in [6.07, 6.45) is 18.0. The van der Waals surface area contributed by atoms with Crippen molar-refractivity contribution in [3.05, 3.63) is 166 Å². The lowest BCUT2D eigenvalue weighted by Gasteiger charge is -2.39. The predicted octanol–water partition coefficient (Wildman–Crippen LogP) is 17.5. The van der Waals surface area contributed by atoms with Gasteiger partial charge in [-0.15, -0.1) is 6.58 Å². The molecule has 3 aliphatic carbocycles. The maximum absolute atomic E-state index is 4.44. The number of nitrogens with zero attached hydrogens (tertiary/aromatic N) is 1. The summed E-state index contributed by atoms with van der Waals surface area (Å²) in [6, 6.07) is 19.6. The van der Waals surface area contributed by atoms with Gasteiger partial charge in [0.15, 0.2) is 0 Å². The van der Waals surface area contributed by atoms with E-state index in [0.717, 1.165) is 24.8 Å². The first-order valence-corrected chi connectivity index (χ1v) is 22.0. The van der Waals surface area contributed by atoms with Crippen LogP contribution in [0.25, 0.3) is 16.7 Å². The minimum absolute atomic E-state index is 0.0261. The van der Waals surface area contributed by atoms with Crippen LogP contribution in [0.15, 0.2) is 128 Å². The summed E-state index contributed by atoms with van der Waals surface area (Å²) in [6.45, 7) is 48.8. The normalized spacial score (nSPS) is 19.7. The van der Waals surface area contributed by atoms with E-state index in [4.69, 9.17) is 0 Å². The van der Waals surface area contributed by atoms with E-state index >= 15 is 0 Å². The molecule has 0 atom stereocenters. The summed E-state index contributed by atoms with van der Waals surface area (Å²) < 4.78 is 0. The lowest BCUT2D eigenvalue weighted by atomic mass is 9.67. The van der Waals surface area contributed by atoms with Crippen molar-refractivity contribution in [3.63, 3.8) is 0 Å². The fourth-order valence-electron chi connectivity index (χ4n) is 9.42. The summed E-state index contributed by atoms with van der Waals surface area (Å²) in [4.78, 5) is 2.61. The maximum atomic E-state index is 4.44. The van der Waals surface area contributed by atoms with Crippen LogP contribution in [0.2, 0.25) is 0 Å². The second kappa shape index (κ2) is 16.4. The van der Waals surface area contributed by atoms with Gasteiger partial charge in [-0.2, -0.15) is 0 Å². The van der Waals surface area contributed by atoms with E-state index in [-0.39, 0.29) is 27.1 Å². The van der Waals surface area contributed by atoms with Crippen LogP contribution in [0.1, 0.15) is 169 Å². The Morgan fingerprint density at radius 2 is 1.32 bits per heavy atom. The molecule has 0 heterocycles. The van der Waals surface area contributed by atoms with Gasteiger partial charge in [-0.1, -0.05) is 174 Å². The predicted molar refractivity (Wildman–Crippen MR) is 265 cm³/mol. The van der Waals surface area contributed by atoms with Gasteiger partial charge in [0.1, 0.15) is 0 Å². The maximum Gasteiger partial charge on any atom is 0.0542 e. The van der Waals surface area contributed by atoms with Crippen LogP contribution in [0, 0.1) is 5.41 Å². The van der Waals surface area contributed by atoms with Crippen LogP contribution in [0.4, 0.5) is 17.1 Å². The lowest BCUT2D eigenvalue weighted by Crippen LogP contribution is -2.27. The first-order valence-electron chi connectivity index (χ1n) is 22.0. The molecule has 6 rings (SSSR count). The third-order valence-corrected chi connectivity index (χ3v) is 13.6. The molecule has 0 aliphatic heterocycles. The van der Waals surface area contributed by atoms with Crippen molar-refractivity contribution in [1.82, 2.24) is 0 Å². The Labute approximate surface area is 360 Å². The number of benzene rings is 3. The molecule has 312 valence electrons. The Balaban J connectivity index is 0.00000214. The minimum atomic E-state index is -0.121. The summed E-state index contributed by atoms with van der Waals surface area (Å²) in [5.41, 5.74) is 21.4. The molecule has 0 unspecified atom stereocenters. The number of fused-ring (bicyclic) bond motifs is 3. The number of hydrogen-bond donors (Lipinski definition) is 0. The number of anilines is 3. The first-order chi connectivity index (χ1) is 27.4. The Hall–Kier alpha value is -4.62. The standard InChI is InChI=1S/C55H69N.C3H6/c1-18-22-38-29-39(20-3)55(16,17)47-33-42(26-28-45(38)47)56(41-25-27-44-37(19-2)34-53(12,13)46(44)32-41)49-31-40(52(9,10)11)30-48-50(49)43(36(5)54(48,14)15)24-21-23-35(4)51(6,7)8;1-3-2/h18-23,25-28,30-33H,1,4,24,29,34H2,2-3,5-17H3;3H,1H2,2H3/b23-21-,37-19+,38-22+,39-20+;. The van der Waals surface area contributed by atoms with E-state index in [9.17, 15) is 0 Å². The highest BCUT2D eigenvalue weighted by Gasteiger charge is 2.41. The fourth-order valence-corrected chi connectivity index (χ4v) is 9.42. The zero-order valence-corrected chi connectivity index (χ0v) is 39.9. The zero-order chi connectivity index (χ0) is 44.0. The molecule has 1 heteroatoms. The lowest BCUT2D eigenvalue weighted by molar-refractivity contribution is 0.519. The average Bonchev–Trinajstić information content (AvgIpc) is 3.53. The van der Waals surface area contributed by atoms with Crippen molar-refractivity contribution in [3.8, 4) is 0 Å². The van der Waals surface area contributed by atoms with Crippen LogP contribution in [-0.2, 0) is 21.7 Å². The van der Waals surface area contributed by atoms with Gasteiger partial charge in [0, 0.05) is 27.8 Å². The highest BCUT2D eigenvalue weighted by atomic mass is 15.1. The average molecular weight is 786 g/mol. The number of hydrogen-bond acceptors (Lipinski definition) is 1. The fraction of sp³-hybridized carbons (Fsp3) is 0.414. The van der Waals surface area contributed by atoms with Crippen molar-refractivity contribution in [2.24, 2.45) is 5.41 Å². The molecule has 0 bridgehead atoms. The van der Waals surface area contributed by atoms with Gasteiger partial charge in [0.05, 0.1) is 5.69 Å². The minimum Gasteiger partial charge on any atom is -0.310 e. The monoisotopic (exact) mass is 786 g/mol. The van der Waals surface area contributed by atoms with Crippen LogP contribution in [0.3, 0.4) is 0 Å². The SMILES string of the molecule is C=C/C=C1\C/C(=C\C)C(C)(C)c2cc(N(c3ccc4c(c3)C(C)(C)C/C4=C\C)c3cc(C(C)(C)C)cc4c3C(C/C=C\C(=C)C(C)(C)C)=C(C)C4(C)C)ccc21.C=CC. The molecule has 0 saturated heterocycles. The molecule has 0 amide bonds. The van der Waals surface area contributed by atoms with Crippen LogP contribution in [0.5, 0.6) is 0 Å². The van der Waals surface area contributed by atoms with Gasteiger partial charge >= 0.3 is 0 Å². The van der Waals surface area contributed by atoms with Gasteiger partial charge in [0.25, 0.3) is 0 Å². The highest BCUT2D eigenvalue weighted by molar-refractivity contribution is 5.94. The van der Waals surface area contributed by atoms with Crippen molar-refractivity contribution < 1.29 is 0 Å². The van der Waals surface area contributed by atoms with Crippen molar-refractivity contribution in [2.75, 3.05) is 4.90 Å². The van der Waals surface area contributed by atoms with E-state index in [0.29, 0.717) is 0 Å². The highest BCUT2D eigenvalue weighted by Crippen LogP contribution is 2.56. The van der Waals surface area contributed by atoms with E-state index in [1.807, 2.05) is 13.0 Å². The largest absolute Gasteiger partial charge is 0.310 e. The Bertz CT molecular complexity index is 2320. The van der Waals surface area contributed by atoms with Crippen molar-refractivity contribution in [2.45, 2.75) is 152 Å². The molecule has 3 aromatic carbocycles. The van der Waals surface area contributed by atoms with Gasteiger partial charge in [-0.05, 0) is 144 Å². The van der Waals surface area contributed by atoms with Crippen molar-refractivity contribution >= 4 is 33.8 Å². The Morgan fingerprint density at radius 3 is 1.85 bits per heavy atom. The Morgan fingerprint density at radius 1 is 0.746 bits per heavy atom. The molecule has 0 aromatic heterocycles. The van der Waals surface area contributed by atoms with Crippen LogP contribution in [-0.4, -0.2) is 0 Å². The van der Waals surface area contributed by atoms with Gasteiger partial charge in [-0.25, -0.2) is 0 Å². The van der Waals surface area contributed by atoms with Gasteiger partial charge in [-0.3, -0.25) is 0 Å². The third kappa shape index (κ3) is 8.42. The molecule has 0 radical (unpaired) electrons. The summed E-state index contributed by atoms with van der Waals surface area (Å²) in [7, 11) is 0. The first kappa shape index (κ1) is 45.5. The topological polar surface area (TPSA) is 3.24 Å². The van der Waals surface area contributed by atoms with Crippen molar-refractivity contribution in [1.29, 1.82) is 0 Å². The third-order valence-electron chi connectivity index (χ3n) is 13.6. The quantitative estimate of drug-likeness (QED) is 0.170. The molecule has 0 N–H and O–H groups in total. The molecule has 3 aliphatic rings. The molecule has 3 aromatic rings. The molecule has 1 nitrogen and oxygen atoms in total. The summed E-state index contributed by atoms with van der Waals surface area (Å²) in [5, 5.41) is 0. The Kier molecular flexibility index (Phi) is 12.7. The molecule has 0 fully saturated rings. The van der Waals surface area contributed by atoms with E-state index in [2.05, 4.69) is 207 Å². The molecule has 0 saturated carbocycles. The van der Waals surface area contributed by atoms with Gasteiger partial charge in [0.2, 0.25) is 0 Å². The summed E-state index contributed by atoms with van der Waals surface area (Å²) >= 11 is 0.